The number of nitrogens with two attached hydrogens (primary N) is 1. The van der Waals surface area contributed by atoms with Gasteiger partial charge in [0.1, 0.15) is 0 Å². The Kier molecular flexibility index (Phi) is 2.20. The first-order valence-corrected chi connectivity index (χ1v) is 3.40. The number of nitrogens with zero attached hydrogens (tertiary/aromatic N) is 1. The maximum absolute atomic E-state index is 9.64. The Morgan fingerprint density at radius 2 is 2.00 bits per heavy atom. The minimum absolute atomic E-state index is 0.829. The molecule has 0 aromatic heterocycles. The molecule has 0 fully saturated rings. The Balaban J connectivity index is 4.44. The summed E-state index contributed by atoms with van der Waals surface area (Å²) < 4.78 is 31.0. The molecule has 0 rings (SSSR count). The highest BCUT2D eigenvalue weighted by Crippen LogP contribution is 1.71. The molecule has 0 aromatic carbocycles. The van der Waals surface area contributed by atoms with E-state index in [1.54, 1.807) is 0 Å². The van der Waals surface area contributed by atoms with Crippen molar-refractivity contribution in [1.29, 1.82) is 0 Å². The van der Waals surface area contributed by atoms with E-state index in [-0.39, 0.29) is 0 Å². The van der Waals surface area contributed by atoms with Gasteiger partial charge in [-0.1, -0.05) is 0 Å². The van der Waals surface area contributed by atoms with Gasteiger partial charge in [-0.15, -0.1) is 0 Å². The highest BCUT2D eigenvalue weighted by Gasteiger charge is 1.83. The fourth-order valence-electron chi connectivity index (χ4n) is 0.0465. The van der Waals surface area contributed by atoms with Gasteiger partial charge in [-0.2, -0.15) is 19.9 Å². The molecule has 7 heteroatoms. The van der Waals surface area contributed by atoms with Gasteiger partial charge in [0.05, 0.1) is 0 Å². The number of thiol groups is 1. The summed E-state index contributed by atoms with van der Waals surface area (Å²) in [5, 5.41) is 4.24. The van der Waals surface area contributed by atoms with E-state index in [4.69, 9.17) is 0 Å². The Morgan fingerprint density at radius 3 is 2.00 bits per heavy atom. The lowest BCUT2D eigenvalue weighted by Gasteiger charge is -1.81. The first-order chi connectivity index (χ1) is 3.06. The fraction of sp³-hybridized carbons (Fsp3) is 0. The first-order valence-electron chi connectivity index (χ1n) is 1.13. The monoisotopic (exact) mass is 143 g/mol. The van der Waals surface area contributed by atoms with E-state index in [9.17, 15) is 12.6 Å². The van der Waals surface area contributed by atoms with Crippen LogP contribution in [0.3, 0.4) is 0 Å². The number of hydrogen-bond donors (Lipinski definition) is 1. The van der Waals surface area contributed by atoms with Crippen LogP contribution in [0.5, 0.6) is 0 Å². The predicted octanol–water partition coefficient (Wildman–Crippen LogP) is -1.47. The lowest BCUT2D eigenvalue weighted by molar-refractivity contribution is 0.597. The molecule has 0 unspecified atom stereocenters. The molecule has 2 N–H and O–H groups in total. The van der Waals surface area contributed by atoms with Crippen LogP contribution in [0.4, 0.5) is 0 Å². The van der Waals surface area contributed by atoms with Crippen LogP contribution < -0.4 is 5.14 Å². The maximum Gasteiger partial charge on any atom is 0.295 e. The van der Waals surface area contributed by atoms with Crippen LogP contribution >= 0.6 is 0 Å². The van der Waals surface area contributed by atoms with Crippen LogP contribution in [-0.2, 0) is 25.9 Å². The van der Waals surface area contributed by atoms with E-state index in [1.807, 2.05) is 0 Å². The molecule has 0 radical (unpaired) electrons. The van der Waals surface area contributed by atoms with Crippen molar-refractivity contribution < 1.29 is 12.6 Å². The predicted molar refractivity (Wildman–Crippen MR) is 25.0 cm³/mol. The third kappa shape index (κ3) is 5.86. The summed E-state index contributed by atoms with van der Waals surface area (Å²) in [5.74, 6) is 0. The van der Waals surface area contributed by atoms with Gasteiger partial charge in [0.15, 0.2) is 0 Å². The molecule has 0 saturated heterocycles. The minimum Gasteiger partial charge on any atom is -0.446 e. The molecule has 7 heavy (non-hydrogen) atoms. The molecule has 0 aliphatic heterocycles. The lowest BCUT2D eigenvalue weighted by Crippen LogP contribution is -2.06. The van der Waals surface area contributed by atoms with E-state index < -0.39 is 21.7 Å². The molecule has 0 aromatic rings. The molecule has 0 aliphatic rings. The Labute approximate surface area is 44.0 Å². The lowest BCUT2D eigenvalue weighted by atomic mass is 13.9. The fourth-order valence-corrected chi connectivity index (χ4v) is 0.418. The van der Waals surface area contributed by atoms with Crippen LogP contribution in [0.15, 0.2) is 3.77 Å². The van der Waals surface area contributed by atoms with Crippen LogP contribution in [0.2, 0.25) is 0 Å². The van der Waals surface area contributed by atoms with Crippen molar-refractivity contribution in [2.45, 2.75) is 0 Å². The van der Waals surface area contributed by atoms with Crippen LogP contribution in [0, 0.1) is 0 Å². The smallest absolute Gasteiger partial charge is 0.295 e. The van der Waals surface area contributed by atoms with Gasteiger partial charge in [-0.05, 0) is 0 Å². The van der Waals surface area contributed by atoms with Gasteiger partial charge in [0.2, 0.25) is 0 Å². The summed E-state index contributed by atoms with van der Waals surface area (Å²) >= 11 is -0.829. The van der Waals surface area contributed by atoms with E-state index in [0.29, 0.717) is 0 Å². The molecule has 44 valence electrons. The van der Waals surface area contributed by atoms with Crippen LogP contribution in [0.1, 0.15) is 0 Å². The maximum atomic E-state index is 9.64. The summed E-state index contributed by atoms with van der Waals surface area (Å²) in [6.07, 6.45) is 0. The molecule has 5 nitrogen and oxygen atoms in total. The molecule has 0 bridgehead atoms. The summed E-state index contributed by atoms with van der Waals surface area (Å²) in [6, 6.07) is 0. The molecule has 0 amide bonds. The van der Waals surface area contributed by atoms with Crippen molar-refractivity contribution in [3.05, 3.63) is 0 Å². The van der Waals surface area contributed by atoms with Gasteiger partial charge in [0.25, 0.3) is 10.2 Å². The summed E-state index contributed by atoms with van der Waals surface area (Å²) in [5.41, 5.74) is 0. The molecule has 0 atom stereocenters. The highest BCUT2D eigenvalue weighted by atomic mass is 32.3. The average Bonchev–Trinajstić information content (AvgIpc) is 1.30. The molecule has 0 saturated carbocycles. The van der Waals surface area contributed by atoms with Gasteiger partial charge >= 0.3 is 0 Å². The third-order valence-corrected chi connectivity index (χ3v) is 1.32. The molecule has 0 spiro atoms. The van der Waals surface area contributed by atoms with E-state index >= 15 is 0 Å². The third-order valence-electron chi connectivity index (χ3n) is 0.147. The second kappa shape index (κ2) is 2.24. The van der Waals surface area contributed by atoms with Crippen LogP contribution in [0.25, 0.3) is 0 Å². The van der Waals surface area contributed by atoms with Gasteiger partial charge < -0.3 is 4.21 Å². The quantitative estimate of drug-likeness (QED) is 0.359. The zero-order chi connectivity index (χ0) is 5.91. The summed E-state index contributed by atoms with van der Waals surface area (Å²) in [6.45, 7) is 0. The Bertz CT molecular complexity index is 183. The largest absolute Gasteiger partial charge is 0.446 e. The second-order valence-corrected chi connectivity index (χ2v) is 2.52. The van der Waals surface area contributed by atoms with E-state index in [0.717, 1.165) is 0 Å². The standard InChI is InChI=1S/H3N2O3S2/c1-7(4,5)2-6-3/h6H,(H2,1,4,5)/q-1. The van der Waals surface area contributed by atoms with Gasteiger partial charge in [-0.25, -0.2) is 5.14 Å². The molecular weight excluding hydrogens is 140 g/mol. The van der Waals surface area contributed by atoms with E-state index in [2.05, 4.69) is 8.91 Å². The minimum atomic E-state index is -3.87. The van der Waals surface area contributed by atoms with Crippen molar-refractivity contribution in [1.82, 2.24) is 0 Å². The van der Waals surface area contributed by atoms with Crippen molar-refractivity contribution in [3.63, 3.8) is 0 Å². The zero-order valence-electron chi connectivity index (χ0n) is 3.10. The Hall–Kier alpha value is -0.140. The van der Waals surface area contributed by atoms with E-state index in [1.165, 1.54) is 0 Å². The van der Waals surface area contributed by atoms with Gasteiger partial charge in [-0.3, -0.25) is 3.77 Å². The normalized spacial score (nSPS) is 11.0. The van der Waals surface area contributed by atoms with Gasteiger partial charge in [0, 0.05) is 0 Å². The Morgan fingerprint density at radius 1 is 1.57 bits per heavy atom. The highest BCUT2D eigenvalue weighted by molar-refractivity contribution is 7.91. The van der Waals surface area contributed by atoms with Crippen molar-refractivity contribution in [2.24, 2.45) is 8.91 Å². The van der Waals surface area contributed by atoms with Crippen molar-refractivity contribution in [2.75, 3.05) is 0 Å². The molecule has 0 heterocycles. The number of rotatable bonds is 1. The van der Waals surface area contributed by atoms with Crippen molar-refractivity contribution in [3.8, 4) is 0 Å². The zero-order valence-corrected chi connectivity index (χ0v) is 4.82. The van der Waals surface area contributed by atoms with Crippen molar-refractivity contribution >= 4 is 21.7 Å². The summed E-state index contributed by atoms with van der Waals surface area (Å²) in [7, 11) is -3.87. The molecule has 0 aliphatic carbocycles. The SMILES string of the molecule is NS(=O)(=O)N=[SH-]=O. The number of hydrogen-bond acceptors (Lipinski definition) is 4. The summed E-state index contributed by atoms with van der Waals surface area (Å²) in [4.78, 5) is 0. The van der Waals surface area contributed by atoms with Crippen LogP contribution in [-0.4, -0.2) is 8.42 Å². The second-order valence-electron chi connectivity index (χ2n) is 0.678. The first kappa shape index (κ1) is 6.86. The molecular formula is H3N2O3S2-. The average molecular weight is 143 g/mol. The topological polar surface area (TPSA) is 89.6 Å².